The minimum Gasteiger partial charge on any atom is -0.426 e. The molecule has 0 saturated heterocycles. The fraction of sp³-hybridized carbons (Fsp3) is 0.438. The molecule has 0 radical (unpaired) electrons. The standard InChI is InChI=1S/C16H22O2/c1-7-8-13-11(2)9-10-14(16(4,5)6)15(13)18-12(3)17/h7,9-10H,1,8H2,2-6H3. The Labute approximate surface area is 110 Å². The molecule has 98 valence electrons. The summed E-state index contributed by atoms with van der Waals surface area (Å²) in [6.45, 7) is 13.6. The van der Waals surface area contributed by atoms with Gasteiger partial charge in [-0.25, -0.2) is 0 Å². The number of rotatable bonds is 3. The highest BCUT2D eigenvalue weighted by atomic mass is 16.5. The Kier molecular flexibility index (Phi) is 4.33. The van der Waals surface area contributed by atoms with E-state index in [1.165, 1.54) is 6.92 Å². The predicted octanol–water partition coefficient (Wildman–Crippen LogP) is 3.95. The molecule has 0 unspecified atom stereocenters. The van der Waals surface area contributed by atoms with Crippen molar-refractivity contribution >= 4 is 5.97 Å². The largest absolute Gasteiger partial charge is 0.426 e. The highest BCUT2D eigenvalue weighted by Crippen LogP contribution is 2.36. The lowest BCUT2D eigenvalue weighted by atomic mass is 9.83. The summed E-state index contributed by atoms with van der Waals surface area (Å²) in [5.41, 5.74) is 3.17. The number of benzene rings is 1. The number of carbonyl (C=O) groups is 1. The van der Waals surface area contributed by atoms with Crippen LogP contribution in [0.1, 0.15) is 44.4 Å². The first-order valence-electron chi connectivity index (χ1n) is 6.19. The Morgan fingerprint density at radius 1 is 1.39 bits per heavy atom. The molecule has 0 amide bonds. The SMILES string of the molecule is C=CCc1c(C)ccc(C(C)(C)C)c1OC(C)=O. The maximum Gasteiger partial charge on any atom is 0.308 e. The van der Waals surface area contributed by atoms with Gasteiger partial charge in [0.2, 0.25) is 0 Å². The van der Waals surface area contributed by atoms with Crippen molar-refractivity contribution in [3.63, 3.8) is 0 Å². The van der Waals surface area contributed by atoms with E-state index in [4.69, 9.17) is 4.74 Å². The zero-order valence-electron chi connectivity index (χ0n) is 12.0. The third-order valence-corrected chi connectivity index (χ3v) is 2.90. The second-order valence-corrected chi connectivity index (χ2v) is 5.57. The van der Waals surface area contributed by atoms with Gasteiger partial charge in [0.15, 0.2) is 0 Å². The van der Waals surface area contributed by atoms with Crippen LogP contribution in [-0.2, 0) is 16.6 Å². The Morgan fingerprint density at radius 2 is 2.00 bits per heavy atom. The van der Waals surface area contributed by atoms with Crippen LogP contribution in [-0.4, -0.2) is 5.97 Å². The molecule has 0 bridgehead atoms. The van der Waals surface area contributed by atoms with E-state index < -0.39 is 0 Å². The molecule has 0 aliphatic carbocycles. The third-order valence-electron chi connectivity index (χ3n) is 2.90. The van der Waals surface area contributed by atoms with E-state index in [9.17, 15) is 4.79 Å². The number of carbonyl (C=O) groups excluding carboxylic acids is 1. The van der Waals surface area contributed by atoms with Crippen molar-refractivity contribution < 1.29 is 9.53 Å². The number of allylic oxidation sites excluding steroid dienone is 1. The van der Waals surface area contributed by atoms with Gasteiger partial charge in [-0.05, 0) is 24.3 Å². The van der Waals surface area contributed by atoms with E-state index in [-0.39, 0.29) is 11.4 Å². The second kappa shape index (κ2) is 5.38. The Morgan fingerprint density at radius 3 is 2.44 bits per heavy atom. The molecule has 0 N–H and O–H groups in total. The summed E-state index contributed by atoms with van der Waals surface area (Å²) in [6.07, 6.45) is 2.54. The van der Waals surface area contributed by atoms with Crippen molar-refractivity contribution in [1.82, 2.24) is 0 Å². The summed E-state index contributed by atoms with van der Waals surface area (Å²) >= 11 is 0. The topological polar surface area (TPSA) is 26.3 Å². The molecule has 0 aromatic heterocycles. The van der Waals surface area contributed by atoms with Crippen LogP contribution in [0, 0.1) is 6.92 Å². The van der Waals surface area contributed by atoms with Gasteiger partial charge in [-0.2, -0.15) is 0 Å². The van der Waals surface area contributed by atoms with Crippen LogP contribution < -0.4 is 4.74 Å². The average Bonchev–Trinajstić information content (AvgIpc) is 2.20. The summed E-state index contributed by atoms with van der Waals surface area (Å²) in [4.78, 5) is 11.3. The van der Waals surface area contributed by atoms with Crippen LogP contribution in [0.3, 0.4) is 0 Å². The maximum atomic E-state index is 11.3. The number of hydrogen-bond acceptors (Lipinski definition) is 2. The maximum absolute atomic E-state index is 11.3. The lowest BCUT2D eigenvalue weighted by Crippen LogP contribution is -2.17. The first-order valence-corrected chi connectivity index (χ1v) is 6.19. The van der Waals surface area contributed by atoms with Crippen molar-refractivity contribution in [1.29, 1.82) is 0 Å². The zero-order chi connectivity index (χ0) is 13.9. The minimum absolute atomic E-state index is 0.0611. The van der Waals surface area contributed by atoms with Gasteiger partial charge in [0.1, 0.15) is 5.75 Å². The smallest absolute Gasteiger partial charge is 0.308 e. The van der Waals surface area contributed by atoms with Gasteiger partial charge in [-0.3, -0.25) is 4.79 Å². The highest BCUT2D eigenvalue weighted by molar-refractivity contribution is 5.71. The van der Waals surface area contributed by atoms with Gasteiger partial charge >= 0.3 is 5.97 Å². The number of esters is 1. The molecule has 1 aromatic rings. The summed E-state index contributed by atoms with van der Waals surface area (Å²) in [6, 6.07) is 4.12. The van der Waals surface area contributed by atoms with Gasteiger partial charge in [-0.15, -0.1) is 6.58 Å². The fourth-order valence-electron chi connectivity index (χ4n) is 1.98. The summed E-state index contributed by atoms with van der Waals surface area (Å²) < 4.78 is 5.45. The summed E-state index contributed by atoms with van der Waals surface area (Å²) in [5.74, 6) is 0.423. The second-order valence-electron chi connectivity index (χ2n) is 5.57. The van der Waals surface area contributed by atoms with Gasteiger partial charge < -0.3 is 4.74 Å². The first-order chi connectivity index (χ1) is 8.27. The Balaban J connectivity index is 3.48. The van der Waals surface area contributed by atoms with Crippen LogP contribution in [0.4, 0.5) is 0 Å². The first kappa shape index (κ1) is 14.5. The average molecular weight is 246 g/mol. The summed E-state index contributed by atoms with van der Waals surface area (Å²) in [7, 11) is 0. The molecule has 2 nitrogen and oxygen atoms in total. The lowest BCUT2D eigenvalue weighted by molar-refractivity contribution is -0.132. The minimum atomic E-state index is -0.281. The molecular formula is C16H22O2. The molecule has 0 atom stereocenters. The van der Waals surface area contributed by atoms with Crippen molar-refractivity contribution in [2.24, 2.45) is 0 Å². The summed E-state index contributed by atoms with van der Waals surface area (Å²) in [5, 5.41) is 0. The van der Waals surface area contributed by atoms with E-state index in [2.05, 4.69) is 33.4 Å². The quantitative estimate of drug-likeness (QED) is 0.458. The molecular weight excluding hydrogens is 224 g/mol. The van der Waals surface area contributed by atoms with E-state index in [1.807, 2.05) is 19.1 Å². The molecule has 1 aromatic carbocycles. The van der Waals surface area contributed by atoms with Crippen LogP contribution in [0.15, 0.2) is 24.8 Å². The fourth-order valence-corrected chi connectivity index (χ4v) is 1.98. The number of aryl methyl sites for hydroxylation is 1. The molecule has 0 aliphatic rings. The number of hydrogen-bond donors (Lipinski definition) is 0. The van der Waals surface area contributed by atoms with Crippen molar-refractivity contribution in [3.8, 4) is 5.75 Å². The molecule has 18 heavy (non-hydrogen) atoms. The van der Waals surface area contributed by atoms with Gasteiger partial charge in [0, 0.05) is 18.1 Å². The third kappa shape index (κ3) is 3.22. The van der Waals surface area contributed by atoms with Crippen molar-refractivity contribution in [2.45, 2.75) is 46.5 Å². The van der Waals surface area contributed by atoms with Gasteiger partial charge in [-0.1, -0.05) is 39.0 Å². The zero-order valence-corrected chi connectivity index (χ0v) is 12.0. The monoisotopic (exact) mass is 246 g/mol. The molecule has 0 heterocycles. The molecule has 0 saturated carbocycles. The lowest BCUT2D eigenvalue weighted by Gasteiger charge is -2.24. The highest BCUT2D eigenvalue weighted by Gasteiger charge is 2.23. The molecule has 0 spiro atoms. The van der Waals surface area contributed by atoms with Gasteiger partial charge in [0.25, 0.3) is 0 Å². The van der Waals surface area contributed by atoms with Crippen LogP contribution in [0.25, 0.3) is 0 Å². The molecule has 2 heteroatoms. The molecule has 0 fully saturated rings. The Bertz CT molecular complexity index is 465. The molecule has 0 aliphatic heterocycles. The van der Waals surface area contributed by atoms with Crippen LogP contribution in [0.5, 0.6) is 5.75 Å². The Hall–Kier alpha value is -1.57. The van der Waals surface area contributed by atoms with Crippen molar-refractivity contribution in [2.75, 3.05) is 0 Å². The van der Waals surface area contributed by atoms with Gasteiger partial charge in [0.05, 0.1) is 0 Å². The predicted molar refractivity (Wildman–Crippen MR) is 75.1 cm³/mol. The number of ether oxygens (including phenoxy) is 1. The van der Waals surface area contributed by atoms with Crippen molar-refractivity contribution in [3.05, 3.63) is 41.5 Å². The van der Waals surface area contributed by atoms with Crippen LogP contribution >= 0.6 is 0 Å². The van der Waals surface area contributed by atoms with E-state index in [0.29, 0.717) is 12.2 Å². The van der Waals surface area contributed by atoms with E-state index in [1.54, 1.807) is 0 Å². The molecule has 1 rings (SSSR count). The van der Waals surface area contributed by atoms with E-state index in [0.717, 1.165) is 16.7 Å². The van der Waals surface area contributed by atoms with Crippen LogP contribution in [0.2, 0.25) is 0 Å². The van der Waals surface area contributed by atoms with E-state index >= 15 is 0 Å². The normalized spacial score (nSPS) is 11.2.